The number of halogens is 1. The number of amides is 1. The zero-order valence-electron chi connectivity index (χ0n) is 10.2. The molecule has 0 radical (unpaired) electrons. The Morgan fingerprint density at radius 1 is 1.39 bits per heavy atom. The first-order chi connectivity index (χ1) is 8.65. The molecule has 18 heavy (non-hydrogen) atoms. The molecule has 0 saturated heterocycles. The van der Waals surface area contributed by atoms with E-state index in [2.05, 4.69) is 5.32 Å². The second-order valence-electron chi connectivity index (χ2n) is 3.59. The maximum absolute atomic E-state index is 12.8. The van der Waals surface area contributed by atoms with Crippen LogP contribution < -0.4 is 11.1 Å². The monoisotopic (exact) mass is 256 g/mol. The second kappa shape index (κ2) is 7.62. The lowest BCUT2D eigenvalue weighted by Gasteiger charge is -2.08. The van der Waals surface area contributed by atoms with E-state index < -0.39 is 5.82 Å². The third kappa shape index (κ3) is 4.68. The van der Waals surface area contributed by atoms with Gasteiger partial charge in [0, 0.05) is 19.3 Å². The molecule has 6 heteroatoms. The van der Waals surface area contributed by atoms with Gasteiger partial charge in [0.1, 0.15) is 5.82 Å². The summed E-state index contributed by atoms with van der Waals surface area (Å²) in [5.74, 6) is -0.810. The molecule has 0 aliphatic rings. The lowest BCUT2D eigenvalue weighted by atomic mass is 10.1. The number of methoxy groups -OCH3 is 1. The van der Waals surface area contributed by atoms with Crippen LogP contribution in [-0.2, 0) is 9.47 Å². The van der Waals surface area contributed by atoms with Crippen molar-refractivity contribution in [3.8, 4) is 0 Å². The molecule has 0 heterocycles. The van der Waals surface area contributed by atoms with Crippen LogP contribution in [0.3, 0.4) is 0 Å². The number of nitrogens with one attached hydrogen (secondary N) is 1. The highest BCUT2D eigenvalue weighted by molar-refractivity contribution is 5.99. The summed E-state index contributed by atoms with van der Waals surface area (Å²) in [5, 5.41) is 2.63. The molecule has 1 rings (SSSR count). The number of benzene rings is 1. The summed E-state index contributed by atoms with van der Waals surface area (Å²) in [7, 11) is 1.59. The summed E-state index contributed by atoms with van der Waals surface area (Å²) >= 11 is 0. The van der Waals surface area contributed by atoms with Crippen molar-refractivity contribution in [2.24, 2.45) is 0 Å². The fraction of sp³-hybridized carbons (Fsp3) is 0.417. The molecule has 0 fully saturated rings. The second-order valence-corrected chi connectivity index (χ2v) is 3.59. The molecule has 5 nitrogen and oxygen atoms in total. The zero-order chi connectivity index (χ0) is 13.4. The van der Waals surface area contributed by atoms with E-state index >= 15 is 0 Å². The van der Waals surface area contributed by atoms with Gasteiger partial charge in [-0.3, -0.25) is 4.79 Å². The van der Waals surface area contributed by atoms with E-state index in [0.717, 1.165) is 6.07 Å². The van der Waals surface area contributed by atoms with Gasteiger partial charge >= 0.3 is 0 Å². The largest absolute Gasteiger partial charge is 0.398 e. The van der Waals surface area contributed by atoms with Gasteiger partial charge in [-0.15, -0.1) is 0 Å². The van der Waals surface area contributed by atoms with Crippen LogP contribution in [0.1, 0.15) is 10.4 Å². The molecule has 0 atom stereocenters. The first-order valence-electron chi connectivity index (χ1n) is 5.55. The number of anilines is 1. The van der Waals surface area contributed by atoms with E-state index in [1.54, 1.807) is 7.11 Å². The normalized spacial score (nSPS) is 10.3. The van der Waals surface area contributed by atoms with Gasteiger partial charge < -0.3 is 20.5 Å². The van der Waals surface area contributed by atoms with Gasteiger partial charge in [-0.1, -0.05) is 0 Å². The summed E-state index contributed by atoms with van der Waals surface area (Å²) in [4.78, 5) is 11.7. The predicted molar refractivity (Wildman–Crippen MR) is 65.8 cm³/mol. The van der Waals surface area contributed by atoms with Crippen molar-refractivity contribution in [3.63, 3.8) is 0 Å². The van der Waals surface area contributed by atoms with E-state index in [9.17, 15) is 9.18 Å². The number of hydrogen-bond donors (Lipinski definition) is 2. The highest BCUT2D eigenvalue weighted by Gasteiger charge is 2.09. The van der Waals surface area contributed by atoms with E-state index in [1.807, 2.05) is 0 Å². The Hall–Kier alpha value is -1.66. The third-order valence-corrected chi connectivity index (χ3v) is 2.22. The number of carbonyl (C=O) groups excluding carboxylic acids is 1. The van der Waals surface area contributed by atoms with Crippen LogP contribution in [0.5, 0.6) is 0 Å². The van der Waals surface area contributed by atoms with Crippen molar-refractivity contribution in [1.82, 2.24) is 5.32 Å². The van der Waals surface area contributed by atoms with Crippen LogP contribution in [0, 0.1) is 5.82 Å². The molecule has 0 bridgehead atoms. The van der Waals surface area contributed by atoms with E-state index in [1.165, 1.54) is 12.1 Å². The quantitative estimate of drug-likeness (QED) is 0.559. The van der Waals surface area contributed by atoms with Crippen molar-refractivity contribution >= 4 is 11.6 Å². The number of hydrogen-bond acceptors (Lipinski definition) is 4. The maximum atomic E-state index is 12.8. The SMILES string of the molecule is COCCOCCNC(=O)c1ccc(F)cc1N. The number of carbonyl (C=O) groups is 1. The molecule has 100 valence electrons. The summed E-state index contributed by atoms with van der Waals surface area (Å²) < 4.78 is 22.8. The molecule has 0 aliphatic carbocycles. The molecule has 0 saturated carbocycles. The zero-order valence-corrected chi connectivity index (χ0v) is 10.2. The van der Waals surface area contributed by atoms with Crippen LogP contribution in [0.25, 0.3) is 0 Å². The predicted octanol–water partition coefficient (Wildman–Crippen LogP) is 0.801. The van der Waals surface area contributed by atoms with E-state index in [4.69, 9.17) is 15.2 Å². The molecular formula is C12H17FN2O3. The lowest BCUT2D eigenvalue weighted by Crippen LogP contribution is -2.28. The fourth-order valence-electron chi connectivity index (χ4n) is 1.32. The molecule has 1 aromatic carbocycles. The number of nitrogen functional groups attached to an aromatic ring is 1. The Labute approximate surface area is 105 Å². The third-order valence-electron chi connectivity index (χ3n) is 2.22. The minimum absolute atomic E-state index is 0.118. The summed E-state index contributed by atoms with van der Waals surface area (Å²) in [5.41, 5.74) is 5.92. The topological polar surface area (TPSA) is 73.6 Å². The molecule has 0 aromatic heterocycles. The van der Waals surface area contributed by atoms with Crippen LogP contribution in [0.4, 0.5) is 10.1 Å². The van der Waals surface area contributed by atoms with Crippen molar-refractivity contribution in [2.45, 2.75) is 0 Å². The van der Waals surface area contributed by atoms with Gasteiger partial charge in [0.05, 0.1) is 25.4 Å². The molecule has 1 aromatic rings. The average molecular weight is 256 g/mol. The van der Waals surface area contributed by atoms with Crippen LogP contribution in [0.15, 0.2) is 18.2 Å². The van der Waals surface area contributed by atoms with Gasteiger partial charge in [0.15, 0.2) is 0 Å². The first-order valence-corrected chi connectivity index (χ1v) is 5.55. The Bertz CT molecular complexity index is 399. The Morgan fingerprint density at radius 3 is 2.83 bits per heavy atom. The van der Waals surface area contributed by atoms with Crippen molar-refractivity contribution in [2.75, 3.05) is 39.2 Å². The van der Waals surface area contributed by atoms with Crippen LogP contribution in [-0.4, -0.2) is 39.4 Å². The number of rotatable bonds is 7. The Morgan fingerprint density at radius 2 is 2.17 bits per heavy atom. The standard InChI is InChI=1S/C12H17FN2O3/c1-17-6-7-18-5-4-15-12(16)10-3-2-9(13)8-11(10)14/h2-3,8H,4-7,14H2,1H3,(H,15,16). The number of ether oxygens (including phenoxy) is 2. The van der Waals surface area contributed by atoms with Crippen molar-refractivity contribution < 1.29 is 18.7 Å². The maximum Gasteiger partial charge on any atom is 0.253 e. The van der Waals surface area contributed by atoms with Gasteiger partial charge in [0.2, 0.25) is 0 Å². The summed E-state index contributed by atoms with van der Waals surface area (Å²) in [6.45, 7) is 1.74. The van der Waals surface area contributed by atoms with Crippen molar-refractivity contribution in [3.05, 3.63) is 29.6 Å². The number of nitrogens with two attached hydrogens (primary N) is 1. The lowest BCUT2D eigenvalue weighted by molar-refractivity contribution is 0.0693. The highest BCUT2D eigenvalue weighted by Crippen LogP contribution is 2.12. The molecule has 0 unspecified atom stereocenters. The van der Waals surface area contributed by atoms with Gasteiger partial charge in [0.25, 0.3) is 5.91 Å². The fourth-order valence-corrected chi connectivity index (χ4v) is 1.32. The molecule has 3 N–H and O–H groups in total. The summed E-state index contributed by atoms with van der Waals surface area (Å²) in [6, 6.07) is 3.66. The van der Waals surface area contributed by atoms with E-state index in [-0.39, 0.29) is 17.2 Å². The van der Waals surface area contributed by atoms with Crippen LogP contribution in [0.2, 0.25) is 0 Å². The minimum atomic E-state index is -0.466. The van der Waals surface area contributed by atoms with Gasteiger partial charge in [-0.05, 0) is 18.2 Å². The minimum Gasteiger partial charge on any atom is -0.398 e. The average Bonchev–Trinajstić information content (AvgIpc) is 2.33. The molecule has 0 aliphatic heterocycles. The van der Waals surface area contributed by atoms with E-state index in [0.29, 0.717) is 26.4 Å². The van der Waals surface area contributed by atoms with Gasteiger partial charge in [-0.2, -0.15) is 0 Å². The summed E-state index contributed by atoms with van der Waals surface area (Å²) in [6.07, 6.45) is 0. The molecular weight excluding hydrogens is 239 g/mol. The Balaban J connectivity index is 2.32. The first kappa shape index (κ1) is 14.4. The molecule has 0 spiro atoms. The Kier molecular flexibility index (Phi) is 6.10. The molecule has 1 amide bonds. The highest BCUT2D eigenvalue weighted by atomic mass is 19.1. The van der Waals surface area contributed by atoms with Gasteiger partial charge in [-0.25, -0.2) is 4.39 Å². The van der Waals surface area contributed by atoms with Crippen LogP contribution >= 0.6 is 0 Å². The smallest absolute Gasteiger partial charge is 0.253 e. The van der Waals surface area contributed by atoms with Crippen molar-refractivity contribution in [1.29, 1.82) is 0 Å².